The molecule has 3 N–H and O–H groups in total. The summed E-state index contributed by atoms with van der Waals surface area (Å²) in [5.74, 6) is -0.150. The molecule has 3 heterocycles. The second-order valence-corrected chi connectivity index (χ2v) is 7.51. The monoisotopic (exact) mass is 356 g/mol. The van der Waals surface area contributed by atoms with Crippen molar-refractivity contribution in [1.82, 2.24) is 20.9 Å². The van der Waals surface area contributed by atoms with Gasteiger partial charge in [-0.3, -0.25) is 19.7 Å². The van der Waals surface area contributed by atoms with Crippen molar-refractivity contribution in [2.45, 2.75) is 44.9 Å². The number of hydrogen-bond donors (Lipinski definition) is 3. The molecule has 0 bridgehead atoms. The molecule has 0 aliphatic carbocycles. The second kappa shape index (κ2) is 6.81. The van der Waals surface area contributed by atoms with Crippen LogP contribution in [-0.2, 0) is 22.7 Å². The normalized spacial score (nSPS) is 28.4. The van der Waals surface area contributed by atoms with Crippen LogP contribution in [0.15, 0.2) is 18.2 Å². The van der Waals surface area contributed by atoms with Crippen molar-refractivity contribution in [2.24, 2.45) is 5.92 Å². The van der Waals surface area contributed by atoms with Gasteiger partial charge in [0.25, 0.3) is 5.91 Å². The Balaban J connectivity index is 1.44. The minimum Gasteiger partial charge on any atom is -0.322 e. The molecule has 138 valence electrons. The van der Waals surface area contributed by atoms with Crippen LogP contribution in [0.2, 0.25) is 0 Å². The van der Waals surface area contributed by atoms with Gasteiger partial charge >= 0.3 is 0 Å². The van der Waals surface area contributed by atoms with E-state index >= 15 is 0 Å². The molecule has 0 spiro atoms. The van der Waals surface area contributed by atoms with Gasteiger partial charge in [0.1, 0.15) is 6.04 Å². The summed E-state index contributed by atoms with van der Waals surface area (Å²) >= 11 is 0. The van der Waals surface area contributed by atoms with Gasteiger partial charge in [0.15, 0.2) is 0 Å². The maximum absolute atomic E-state index is 12.7. The highest BCUT2D eigenvalue weighted by molar-refractivity contribution is 6.05. The van der Waals surface area contributed by atoms with Crippen molar-refractivity contribution in [3.05, 3.63) is 34.9 Å². The van der Waals surface area contributed by atoms with Crippen LogP contribution in [0.5, 0.6) is 0 Å². The predicted octanol–water partition coefficient (Wildman–Crippen LogP) is 0.145. The highest BCUT2D eigenvalue weighted by atomic mass is 16.2. The number of hydrogen-bond acceptors (Lipinski definition) is 5. The summed E-state index contributed by atoms with van der Waals surface area (Å²) in [5, 5.41) is 9.29. The molecule has 4 rings (SSSR count). The number of nitrogens with one attached hydrogen (secondary N) is 3. The standard InChI is InChI=1S/C19H24N4O3/c1-11-7-20-9-15(11)21-8-12-2-3-14-13(6-12)10-23(19(14)26)16-4-5-17(24)22-18(16)25/h2-3,6,11,15-16,20-21H,4-5,7-10H2,1H3,(H,22,24,25)/t11-,15+,16?/m0/s1. The van der Waals surface area contributed by atoms with Crippen LogP contribution in [0.1, 0.15) is 41.3 Å². The highest BCUT2D eigenvalue weighted by Crippen LogP contribution is 2.28. The Morgan fingerprint density at radius 3 is 2.81 bits per heavy atom. The predicted molar refractivity (Wildman–Crippen MR) is 95.1 cm³/mol. The number of benzene rings is 1. The van der Waals surface area contributed by atoms with Crippen LogP contribution in [0.3, 0.4) is 0 Å². The molecule has 3 aliphatic rings. The zero-order valence-electron chi connectivity index (χ0n) is 14.9. The molecule has 7 heteroatoms. The average Bonchev–Trinajstić information content (AvgIpc) is 3.16. The first-order chi connectivity index (χ1) is 12.5. The van der Waals surface area contributed by atoms with Gasteiger partial charge in [-0.1, -0.05) is 19.1 Å². The minimum absolute atomic E-state index is 0.123. The maximum Gasteiger partial charge on any atom is 0.255 e. The van der Waals surface area contributed by atoms with E-state index in [2.05, 4.69) is 28.9 Å². The Labute approximate surface area is 152 Å². The third-order valence-corrected chi connectivity index (χ3v) is 5.67. The van der Waals surface area contributed by atoms with Crippen molar-refractivity contribution >= 4 is 17.7 Å². The topological polar surface area (TPSA) is 90.5 Å². The quantitative estimate of drug-likeness (QED) is 0.668. The third-order valence-electron chi connectivity index (χ3n) is 5.67. The Kier molecular flexibility index (Phi) is 4.50. The number of amides is 3. The Hall–Kier alpha value is -2.25. The van der Waals surface area contributed by atoms with Crippen LogP contribution in [-0.4, -0.2) is 47.8 Å². The lowest BCUT2D eigenvalue weighted by Gasteiger charge is -2.29. The third kappa shape index (κ3) is 3.12. The number of fused-ring (bicyclic) bond motifs is 1. The van der Waals surface area contributed by atoms with Gasteiger partial charge in [0, 0.05) is 37.7 Å². The molecule has 2 saturated heterocycles. The van der Waals surface area contributed by atoms with E-state index in [0.717, 1.165) is 30.8 Å². The summed E-state index contributed by atoms with van der Waals surface area (Å²) in [7, 11) is 0. The fourth-order valence-electron chi connectivity index (χ4n) is 4.07. The largest absolute Gasteiger partial charge is 0.322 e. The molecule has 1 aromatic carbocycles. The Morgan fingerprint density at radius 2 is 2.08 bits per heavy atom. The molecule has 2 fully saturated rings. The van der Waals surface area contributed by atoms with Crippen LogP contribution in [0.4, 0.5) is 0 Å². The molecule has 26 heavy (non-hydrogen) atoms. The maximum atomic E-state index is 12.7. The first kappa shape index (κ1) is 17.2. The van der Waals surface area contributed by atoms with Crippen molar-refractivity contribution in [2.75, 3.05) is 13.1 Å². The van der Waals surface area contributed by atoms with Gasteiger partial charge in [0.2, 0.25) is 11.8 Å². The summed E-state index contributed by atoms with van der Waals surface area (Å²) in [6.07, 6.45) is 0.671. The van der Waals surface area contributed by atoms with Crippen molar-refractivity contribution in [3.63, 3.8) is 0 Å². The van der Waals surface area contributed by atoms with Gasteiger partial charge in [-0.25, -0.2) is 0 Å². The van der Waals surface area contributed by atoms with Gasteiger partial charge < -0.3 is 15.5 Å². The van der Waals surface area contributed by atoms with Gasteiger partial charge in [0.05, 0.1) is 0 Å². The molecule has 0 aromatic heterocycles. The van der Waals surface area contributed by atoms with Crippen LogP contribution >= 0.6 is 0 Å². The van der Waals surface area contributed by atoms with Crippen LogP contribution in [0, 0.1) is 5.92 Å². The SMILES string of the molecule is C[C@H]1CNC[C@H]1NCc1ccc2c(c1)CN(C1CCC(=O)NC1=O)C2=O. The van der Waals surface area contributed by atoms with E-state index < -0.39 is 6.04 Å². The smallest absolute Gasteiger partial charge is 0.255 e. The highest BCUT2D eigenvalue weighted by Gasteiger charge is 2.39. The van der Waals surface area contributed by atoms with E-state index in [9.17, 15) is 14.4 Å². The summed E-state index contributed by atoms with van der Waals surface area (Å²) in [6, 6.07) is 5.80. The summed E-state index contributed by atoms with van der Waals surface area (Å²) in [4.78, 5) is 37.7. The van der Waals surface area contributed by atoms with E-state index in [4.69, 9.17) is 0 Å². The number of nitrogens with zero attached hydrogens (tertiary/aromatic N) is 1. The molecule has 7 nitrogen and oxygen atoms in total. The van der Waals surface area contributed by atoms with Gasteiger partial charge in [-0.2, -0.15) is 0 Å². The Bertz CT molecular complexity index is 763. The molecule has 1 aromatic rings. The molecule has 0 saturated carbocycles. The van der Waals surface area contributed by atoms with Gasteiger partial charge in [-0.15, -0.1) is 0 Å². The fourth-order valence-corrected chi connectivity index (χ4v) is 4.07. The number of carbonyl (C=O) groups excluding carboxylic acids is 3. The molecular weight excluding hydrogens is 332 g/mol. The minimum atomic E-state index is -0.556. The number of piperidine rings is 1. The lowest BCUT2D eigenvalue weighted by Crippen LogP contribution is -2.52. The Morgan fingerprint density at radius 1 is 1.23 bits per heavy atom. The first-order valence-electron chi connectivity index (χ1n) is 9.23. The van der Waals surface area contributed by atoms with Crippen molar-refractivity contribution < 1.29 is 14.4 Å². The molecule has 3 atom stereocenters. The molecular formula is C19H24N4O3. The lowest BCUT2D eigenvalue weighted by atomic mass is 10.0. The second-order valence-electron chi connectivity index (χ2n) is 7.51. The van der Waals surface area contributed by atoms with Crippen LogP contribution in [0.25, 0.3) is 0 Å². The lowest BCUT2D eigenvalue weighted by molar-refractivity contribution is -0.136. The average molecular weight is 356 g/mol. The summed E-state index contributed by atoms with van der Waals surface area (Å²) in [6.45, 7) is 5.44. The zero-order chi connectivity index (χ0) is 18.3. The number of imide groups is 1. The number of carbonyl (C=O) groups is 3. The molecule has 0 radical (unpaired) electrons. The fraction of sp³-hybridized carbons (Fsp3) is 0.526. The van der Waals surface area contributed by atoms with Crippen molar-refractivity contribution in [1.29, 1.82) is 0 Å². The van der Waals surface area contributed by atoms with Crippen molar-refractivity contribution in [3.8, 4) is 0 Å². The molecule has 3 amide bonds. The summed E-state index contributed by atoms with van der Waals surface area (Å²) < 4.78 is 0. The van der Waals surface area contributed by atoms with E-state index in [-0.39, 0.29) is 24.1 Å². The van der Waals surface area contributed by atoms with E-state index in [1.165, 1.54) is 0 Å². The van der Waals surface area contributed by atoms with E-state index in [1.54, 1.807) is 4.90 Å². The van der Waals surface area contributed by atoms with Gasteiger partial charge in [-0.05, 0) is 36.1 Å². The number of rotatable bonds is 4. The molecule has 1 unspecified atom stereocenters. The molecule has 3 aliphatic heterocycles. The van der Waals surface area contributed by atoms with E-state index in [1.807, 2.05) is 12.1 Å². The van der Waals surface area contributed by atoms with E-state index in [0.29, 0.717) is 30.5 Å². The van der Waals surface area contributed by atoms with Crippen LogP contribution < -0.4 is 16.0 Å². The first-order valence-corrected chi connectivity index (χ1v) is 9.23. The zero-order valence-corrected chi connectivity index (χ0v) is 14.9. The summed E-state index contributed by atoms with van der Waals surface area (Å²) in [5.41, 5.74) is 2.76.